The Kier molecular flexibility index (Phi) is 2.20. The van der Waals surface area contributed by atoms with Crippen molar-refractivity contribution in [3.8, 4) is 5.75 Å². The molecule has 1 aliphatic carbocycles. The summed E-state index contributed by atoms with van der Waals surface area (Å²) in [6, 6.07) is 5.78. The normalized spacial score (nSPS) is 33.1. The fraction of sp³-hybridized carbons (Fsp3) is 0.538. The smallest absolute Gasteiger partial charge is 0.125 e. The number of halogens is 1. The van der Waals surface area contributed by atoms with Gasteiger partial charge in [0.25, 0.3) is 0 Å². The lowest BCUT2D eigenvalue weighted by molar-refractivity contribution is 0.0324. The fourth-order valence-electron chi connectivity index (χ4n) is 2.69. The minimum Gasteiger partial charge on any atom is -0.487 e. The van der Waals surface area contributed by atoms with Gasteiger partial charge in [0.15, 0.2) is 0 Å². The van der Waals surface area contributed by atoms with Crippen LogP contribution in [0.1, 0.15) is 37.8 Å². The van der Waals surface area contributed by atoms with E-state index in [1.165, 1.54) is 12.8 Å². The minimum atomic E-state index is -0.0692. The molecule has 0 aromatic heterocycles. The van der Waals surface area contributed by atoms with Crippen LogP contribution in [0.3, 0.4) is 0 Å². The summed E-state index contributed by atoms with van der Waals surface area (Å²) >= 11 is 5.98. The van der Waals surface area contributed by atoms with E-state index in [1.54, 1.807) is 0 Å². The molecule has 0 amide bonds. The van der Waals surface area contributed by atoms with Gasteiger partial charge in [-0.1, -0.05) is 11.6 Å². The Hall–Kier alpha value is -0.730. The highest BCUT2D eigenvalue weighted by molar-refractivity contribution is 6.30. The summed E-state index contributed by atoms with van der Waals surface area (Å²) in [5.41, 5.74) is 7.20. The number of ether oxygens (including phenoxy) is 1. The highest BCUT2D eigenvalue weighted by atomic mass is 35.5. The second-order valence-corrected chi connectivity index (χ2v) is 5.62. The molecule has 1 aliphatic heterocycles. The molecule has 86 valence electrons. The van der Waals surface area contributed by atoms with Crippen LogP contribution in [0.25, 0.3) is 0 Å². The third-order valence-corrected chi connectivity index (χ3v) is 4.02. The standard InChI is InChI=1S/C13H16ClNO/c1-13(8-2-3-8)7-11(15)10-6-9(14)4-5-12(10)16-13/h4-6,8,11H,2-3,7,15H2,1H3/t11-,13?/m1/s1. The molecule has 0 spiro atoms. The molecule has 1 unspecified atom stereocenters. The number of hydrogen-bond donors (Lipinski definition) is 1. The van der Waals surface area contributed by atoms with Crippen molar-refractivity contribution in [2.24, 2.45) is 11.7 Å². The Bertz CT molecular complexity index is 430. The largest absolute Gasteiger partial charge is 0.487 e. The first-order chi connectivity index (χ1) is 7.58. The van der Waals surface area contributed by atoms with Crippen molar-refractivity contribution in [1.29, 1.82) is 0 Å². The van der Waals surface area contributed by atoms with Crippen molar-refractivity contribution in [2.45, 2.75) is 37.8 Å². The average molecular weight is 238 g/mol. The number of rotatable bonds is 1. The number of fused-ring (bicyclic) bond motifs is 1. The quantitative estimate of drug-likeness (QED) is 0.814. The summed E-state index contributed by atoms with van der Waals surface area (Å²) < 4.78 is 6.13. The van der Waals surface area contributed by atoms with Gasteiger partial charge in [-0.25, -0.2) is 0 Å². The van der Waals surface area contributed by atoms with Crippen LogP contribution in [0.15, 0.2) is 18.2 Å². The molecule has 0 bridgehead atoms. The lowest BCUT2D eigenvalue weighted by Crippen LogP contribution is -2.42. The third kappa shape index (κ3) is 1.61. The molecule has 2 aliphatic rings. The van der Waals surface area contributed by atoms with Gasteiger partial charge in [-0.05, 0) is 43.9 Å². The monoisotopic (exact) mass is 237 g/mol. The average Bonchev–Trinajstić information content (AvgIpc) is 3.03. The van der Waals surface area contributed by atoms with E-state index in [1.807, 2.05) is 18.2 Å². The van der Waals surface area contributed by atoms with E-state index in [4.69, 9.17) is 22.1 Å². The summed E-state index contributed by atoms with van der Waals surface area (Å²) in [6.45, 7) is 2.18. The summed E-state index contributed by atoms with van der Waals surface area (Å²) in [4.78, 5) is 0. The van der Waals surface area contributed by atoms with E-state index in [0.29, 0.717) is 5.92 Å². The van der Waals surface area contributed by atoms with Crippen molar-refractivity contribution in [1.82, 2.24) is 0 Å². The van der Waals surface area contributed by atoms with E-state index in [0.717, 1.165) is 22.8 Å². The summed E-state index contributed by atoms with van der Waals surface area (Å²) in [7, 11) is 0. The molecule has 1 fully saturated rings. The van der Waals surface area contributed by atoms with Gasteiger partial charge in [0.1, 0.15) is 11.4 Å². The van der Waals surface area contributed by atoms with E-state index >= 15 is 0 Å². The molecule has 3 rings (SSSR count). The van der Waals surface area contributed by atoms with Gasteiger partial charge < -0.3 is 10.5 Å². The maximum atomic E-state index is 6.22. The van der Waals surface area contributed by atoms with Gasteiger partial charge in [0, 0.05) is 23.0 Å². The third-order valence-electron chi connectivity index (χ3n) is 3.78. The van der Waals surface area contributed by atoms with Gasteiger partial charge in [-0.2, -0.15) is 0 Å². The predicted molar refractivity (Wildman–Crippen MR) is 64.8 cm³/mol. The van der Waals surface area contributed by atoms with Crippen LogP contribution in [0, 0.1) is 5.92 Å². The van der Waals surface area contributed by atoms with E-state index < -0.39 is 0 Å². The maximum Gasteiger partial charge on any atom is 0.125 e. The van der Waals surface area contributed by atoms with Crippen LogP contribution >= 0.6 is 11.6 Å². The molecule has 1 aromatic carbocycles. The zero-order valence-corrected chi connectivity index (χ0v) is 10.1. The Labute approximate surface area is 101 Å². The predicted octanol–water partition coefficient (Wildman–Crippen LogP) is 3.29. The topological polar surface area (TPSA) is 35.2 Å². The van der Waals surface area contributed by atoms with Crippen LogP contribution in [-0.4, -0.2) is 5.60 Å². The van der Waals surface area contributed by atoms with Gasteiger partial charge in [0.05, 0.1) is 0 Å². The van der Waals surface area contributed by atoms with E-state index in [9.17, 15) is 0 Å². The van der Waals surface area contributed by atoms with Gasteiger partial charge >= 0.3 is 0 Å². The van der Waals surface area contributed by atoms with Gasteiger partial charge in [0.2, 0.25) is 0 Å². The molecule has 2 nitrogen and oxygen atoms in total. The van der Waals surface area contributed by atoms with Crippen LogP contribution in [0.2, 0.25) is 5.02 Å². The lowest BCUT2D eigenvalue weighted by atomic mass is 9.85. The second-order valence-electron chi connectivity index (χ2n) is 5.18. The van der Waals surface area contributed by atoms with Crippen LogP contribution in [0.4, 0.5) is 0 Å². The Morgan fingerprint density at radius 3 is 2.88 bits per heavy atom. The Morgan fingerprint density at radius 1 is 1.44 bits per heavy atom. The first-order valence-corrected chi connectivity index (χ1v) is 6.20. The Balaban J connectivity index is 1.99. The van der Waals surface area contributed by atoms with Crippen molar-refractivity contribution < 1.29 is 4.74 Å². The first-order valence-electron chi connectivity index (χ1n) is 5.82. The SMILES string of the molecule is CC1(C2CC2)C[C@@H](N)c2cc(Cl)ccc2O1. The molecule has 1 aromatic rings. The minimum absolute atomic E-state index is 0.0491. The number of hydrogen-bond acceptors (Lipinski definition) is 2. The van der Waals surface area contributed by atoms with E-state index in [2.05, 4.69) is 6.92 Å². The summed E-state index contributed by atoms with van der Waals surface area (Å²) in [6.07, 6.45) is 3.43. The summed E-state index contributed by atoms with van der Waals surface area (Å²) in [5.74, 6) is 1.60. The maximum absolute atomic E-state index is 6.22. The number of benzene rings is 1. The zero-order valence-electron chi connectivity index (χ0n) is 9.37. The molecule has 0 radical (unpaired) electrons. The van der Waals surface area contributed by atoms with Crippen LogP contribution < -0.4 is 10.5 Å². The van der Waals surface area contributed by atoms with Crippen LogP contribution in [0.5, 0.6) is 5.75 Å². The molecule has 16 heavy (non-hydrogen) atoms. The molecule has 0 saturated heterocycles. The van der Waals surface area contributed by atoms with Gasteiger partial charge in [-0.3, -0.25) is 0 Å². The van der Waals surface area contributed by atoms with E-state index in [-0.39, 0.29) is 11.6 Å². The van der Waals surface area contributed by atoms with Gasteiger partial charge in [-0.15, -0.1) is 0 Å². The summed E-state index contributed by atoms with van der Waals surface area (Å²) in [5, 5.41) is 0.729. The molecule has 1 saturated carbocycles. The highest BCUT2D eigenvalue weighted by Crippen LogP contribution is 2.50. The van der Waals surface area contributed by atoms with Crippen molar-refractivity contribution in [3.63, 3.8) is 0 Å². The molecule has 3 heteroatoms. The van der Waals surface area contributed by atoms with Crippen LogP contribution in [-0.2, 0) is 0 Å². The first kappa shape index (κ1) is 10.4. The molecule has 1 heterocycles. The zero-order chi connectivity index (χ0) is 11.3. The highest BCUT2D eigenvalue weighted by Gasteiger charge is 2.47. The number of nitrogens with two attached hydrogens (primary N) is 1. The molecular weight excluding hydrogens is 222 g/mol. The second kappa shape index (κ2) is 3.38. The molecule has 2 N–H and O–H groups in total. The molecular formula is C13H16ClNO. The Morgan fingerprint density at radius 2 is 2.19 bits per heavy atom. The fourth-order valence-corrected chi connectivity index (χ4v) is 2.87. The molecule has 2 atom stereocenters. The lowest BCUT2D eigenvalue weighted by Gasteiger charge is -2.39. The van der Waals surface area contributed by atoms with Crippen molar-refractivity contribution >= 4 is 11.6 Å². The van der Waals surface area contributed by atoms with Crippen molar-refractivity contribution in [2.75, 3.05) is 0 Å². The van der Waals surface area contributed by atoms with Crippen molar-refractivity contribution in [3.05, 3.63) is 28.8 Å².